The first-order valence-electron chi connectivity index (χ1n) is 13.5. The molecule has 2 aliphatic heterocycles. The summed E-state index contributed by atoms with van der Waals surface area (Å²) in [6.07, 6.45) is 0. The van der Waals surface area contributed by atoms with E-state index in [0.717, 1.165) is 49.7 Å². The van der Waals surface area contributed by atoms with Gasteiger partial charge in [-0.25, -0.2) is 9.78 Å². The maximum Gasteiger partial charge on any atom is 0.322 e. The number of benzene rings is 2. The minimum Gasteiger partial charge on any atom is -0.506 e. The first kappa shape index (κ1) is 29.3. The van der Waals surface area contributed by atoms with Crippen LogP contribution in [-0.4, -0.2) is 79.7 Å². The second-order valence-electron chi connectivity index (χ2n) is 9.74. The molecule has 4 N–H and O–H groups in total. The molecule has 3 heterocycles. The monoisotopic (exact) mass is 560 g/mol. The third-order valence-corrected chi connectivity index (χ3v) is 7.21. The number of rotatable bonds is 6. The standard InChI is InChI=1S/C20H23N5O3.C10H13NO2/c1-2-24-9-11-25(12-10-24)16-8-7-15(26)17(21-16)13-3-5-14(6-4-13)18-19(27)23-20(28)22-18;1-7-4-5-8(13-3)6-9(7)10(12)11-2/h3-8,18,26H,2,9-12H2,1H3,(H2,22,23,27,28);4-6H,1-3H3,(H,11,12). The predicted octanol–water partition coefficient (Wildman–Crippen LogP) is 2.84. The van der Waals surface area contributed by atoms with Gasteiger partial charge in [0.05, 0.1) is 7.11 Å². The molecule has 3 aromatic rings. The molecule has 2 aliphatic rings. The van der Waals surface area contributed by atoms with Gasteiger partial charge >= 0.3 is 6.03 Å². The lowest BCUT2D eigenvalue weighted by Crippen LogP contribution is -2.46. The molecule has 41 heavy (non-hydrogen) atoms. The Morgan fingerprint density at radius 2 is 1.78 bits per heavy atom. The van der Waals surface area contributed by atoms with Crippen LogP contribution in [0.5, 0.6) is 11.5 Å². The van der Waals surface area contributed by atoms with Crippen LogP contribution in [0.2, 0.25) is 0 Å². The summed E-state index contributed by atoms with van der Waals surface area (Å²) in [5, 5.41) is 17.7. The van der Waals surface area contributed by atoms with Crippen molar-refractivity contribution in [2.75, 3.05) is 51.8 Å². The van der Waals surface area contributed by atoms with Crippen LogP contribution in [0, 0.1) is 6.92 Å². The Balaban J connectivity index is 0.000000251. The van der Waals surface area contributed by atoms with E-state index in [1.165, 1.54) is 0 Å². The number of pyridine rings is 1. The Morgan fingerprint density at radius 1 is 1.07 bits per heavy atom. The highest BCUT2D eigenvalue weighted by Gasteiger charge is 2.30. The molecular formula is C30H36N6O5. The number of imide groups is 1. The summed E-state index contributed by atoms with van der Waals surface area (Å²) in [5.74, 6) is 1.19. The average Bonchev–Trinajstić information content (AvgIpc) is 3.35. The van der Waals surface area contributed by atoms with Crippen molar-refractivity contribution in [2.24, 2.45) is 0 Å². The molecule has 2 fully saturated rings. The zero-order chi connectivity index (χ0) is 29.5. The number of amides is 4. The molecule has 0 bridgehead atoms. The van der Waals surface area contributed by atoms with Gasteiger partial charge in [0.15, 0.2) is 0 Å². The Bertz CT molecular complexity index is 1400. The highest BCUT2D eigenvalue weighted by atomic mass is 16.5. The number of aryl methyl sites for hydroxylation is 1. The highest BCUT2D eigenvalue weighted by Crippen LogP contribution is 2.31. The summed E-state index contributed by atoms with van der Waals surface area (Å²) in [7, 11) is 3.19. The number of hydrogen-bond donors (Lipinski definition) is 4. The van der Waals surface area contributed by atoms with Gasteiger partial charge in [0.25, 0.3) is 11.8 Å². The van der Waals surface area contributed by atoms with Crippen molar-refractivity contribution in [3.63, 3.8) is 0 Å². The maximum atomic E-state index is 11.8. The van der Waals surface area contributed by atoms with Crippen molar-refractivity contribution in [2.45, 2.75) is 19.9 Å². The molecule has 1 unspecified atom stereocenters. The molecular weight excluding hydrogens is 524 g/mol. The Hall–Kier alpha value is -4.64. The van der Waals surface area contributed by atoms with Crippen LogP contribution < -0.4 is 25.6 Å². The number of anilines is 1. The molecule has 0 saturated carbocycles. The zero-order valence-electron chi connectivity index (χ0n) is 23.7. The molecule has 2 saturated heterocycles. The Kier molecular flexibility index (Phi) is 9.41. The van der Waals surface area contributed by atoms with Crippen LogP contribution in [0.1, 0.15) is 34.5 Å². The molecule has 5 rings (SSSR count). The van der Waals surface area contributed by atoms with E-state index in [-0.39, 0.29) is 17.6 Å². The number of piperazine rings is 1. The van der Waals surface area contributed by atoms with Gasteiger partial charge in [-0.05, 0) is 48.9 Å². The van der Waals surface area contributed by atoms with E-state index in [1.54, 1.807) is 50.6 Å². The summed E-state index contributed by atoms with van der Waals surface area (Å²) >= 11 is 0. The first-order chi connectivity index (χ1) is 19.7. The fraction of sp³-hybridized carbons (Fsp3) is 0.333. The van der Waals surface area contributed by atoms with E-state index in [4.69, 9.17) is 4.74 Å². The van der Waals surface area contributed by atoms with Crippen LogP contribution >= 0.6 is 0 Å². The topological polar surface area (TPSA) is 136 Å². The van der Waals surface area contributed by atoms with E-state index in [1.807, 2.05) is 25.1 Å². The van der Waals surface area contributed by atoms with E-state index in [9.17, 15) is 19.5 Å². The smallest absolute Gasteiger partial charge is 0.322 e. The van der Waals surface area contributed by atoms with E-state index < -0.39 is 12.1 Å². The SMILES string of the molecule is CCN1CCN(c2ccc(O)c(-c3ccc(C4NC(=O)NC4=O)cc3)n2)CC1.CNC(=O)c1cc(OC)ccc1C. The molecule has 216 valence electrons. The van der Waals surface area contributed by atoms with Crippen LogP contribution in [0.4, 0.5) is 10.6 Å². The summed E-state index contributed by atoms with van der Waals surface area (Å²) in [6.45, 7) is 8.91. The number of ether oxygens (including phenoxy) is 1. The van der Waals surface area contributed by atoms with Crippen molar-refractivity contribution < 1.29 is 24.2 Å². The number of aromatic nitrogens is 1. The van der Waals surface area contributed by atoms with Crippen LogP contribution in [-0.2, 0) is 4.79 Å². The lowest BCUT2D eigenvalue weighted by molar-refractivity contribution is -0.120. The fourth-order valence-electron chi connectivity index (χ4n) is 4.72. The Morgan fingerprint density at radius 3 is 2.37 bits per heavy atom. The van der Waals surface area contributed by atoms with Gasteiger partial charge in [0.2, 0.25) is 0 Å². The second-order valence-corrected chi connectivity index (χ2v) is 9.74. The molecule has 11 nitrogen and oxygen atoms in total. The van der Waals surface area contributed by atoms with Gasteiger partial charge in [0.1, 0.15) is 29.1 Å². The van der Waals surface area contributed by atoms with Crippen LogP contribution in [0.3, 0.4) is 0 Å². The number of nitrogens with one attached hydrogen (secondary N) is 3. The number of likely N-dealkylation sites (N-methyl/N-ethyl adjacent to an activating group) is 1. The van der Waals surface area contributed by atoms with Gasteiger partial charge < -0.3 is 30.3 Å². The minimum absolute atomic E-state index is 0.0867. The van der Waals surface area contributed by atoms with Crippen molar-refractivity contribution in [1.29, 1.82) is 0 Å². The van der Waals surface area contributed by atoms with Crippen molar-refractivity contribution >= 4 is 23.7 Å². The molecule has 4 amide bonds. The lowest BCUT2D eigenvalue weighted by atomic mass is 10.0. The van der Waals surface area contributed by atoms with Gasteiger partial charge in [-0.2, -0.15) is 0 Å². The number of aromatic hydroxyl groups is 1. The number of hydrogen-bond acceptors (Lipinski definition) is 8. The van der Waals surface area contributed by atoms with E-state index >= 15 is 0 Å². The van der Waals surface area contributed by atoms with E-state index in [0.29, 0.717) is 22.6 Å². The molecule has 2 aromatic carbocycles. The zero-order valence-corrected chi connectivity index (χ0v) is 23.7. The number of carbonyl (C=O) groups is 3. The van der Waals surface area contributed by atoms with Crippen LogP contribution in [0.15, 0.2) is 54.6 Å². The summed E-state index contributed by atoms with van der Waals surface area (Å²) in [6, 6.07) is 14.9. The fourth-order valence-corrected chi connectivity index (χ4v) is 4.72. The quantitative estimate of drug-likeness (QED) is 0.338. The first-order valence-corrected chi connectivity index (χ1v) is 13.5. The predicted molar refractivity (Wildman–Crippen MR) is 156 cm³/mol. The molecule has 0 spiro atoms. The number of nitrogens with zero attached hydrogens (tertiary/aromatic N) is 3. The molecule has 11 heteroatoms. The van der Waals surface area contributed by atoms with Crippen molar-refractivity contribution in [1.82, 2.24) is 25.8 Å². The Labute approximate surface area is 239 Å². The summed E-state index contributed by atoms with van der Waals surface area (Å²) in [5.41, 5.74) is 3.53. The van der Waals surface area contributed by atoms with Gasteiger partial charge in [-0.15, -0.1) is 0 Å². The summed E-state index contributed by atoms with van der Waals surface area (Å²) in [4.78, 5) is 43.7. The minimum atomic E-state index is -0.690. The van der Waals surface area contributed by atoms with Gasteiger partial charge in [0, 0.05) is 44.4 Å². The third kappa shape index (κ3) is 6.93. The molecule has 1 atom stereocenters. The second kappa shape index (κ2) is 13.1. The molecule has 0 radical (unpaired) electrons. The lowest BCUT2D eigenvalue weighted by Gasteiger charge is -2.34. The summed E-state index contributed by atoms with van der Waals surface area (Å²) < 4.78 is 5.02. The van der Waals surface area contributed by atoms with Crippen LogP contribution in [0.25, 0.3) is 11.3 Å². The maximum absolute atomic E-state index is 11.8. The molecule has 1 aromatic heterocycles. The molecule has 0 aliphatic carbocycles. The third-order valence-electron chi connectivity index (χ3n) is 7.21. The van der Waals surface area contributed by atoms with Gasteiger partial charge in [-0.3, -0.25) is 14.9 Å². The average molecular weight is 561 g/mol. The van der Waals surface area contributed by atoms with Gasteiger partial charge in [-0.1, -0.05) is 37.3 Å². The van der Waals surface area contributed by atoms with Crippen molar-refractivity contribution in [3.8, 4) is 22.8 Å². The number of methoxy groups -OCH3 is 1. The normalized spacial score (nSPS) is 16.8. The number of carbonyl (C=O) groups excluding carboxylic acids is 3. The highest BCUT2D eigenvalue weighted by molar-refractivity contribution is 6.04. The van der Waals surface area contributed by atoms with E-state index in [2.05, 4.69) is 37.7 Å². The number of urea groups is 1. The largest absolute Gasteiger partial charge is 0.506 e. The van der Waals surface area contributed by atoms with Crippen molar-refractivity contribution in [3.05, 3.63) is 71.3 Å².